The lowest BCUT2D eigenvalue weighted by atomic mass is 10.1. The number of benzene rings is 1. The number of hydrogen-bond acceptors (Lipinski definition) is 4. The van der Waals surface area contributed by atoms with Crippen molar-refractivity contribution in [2.75, 3.05) is 5.32 Å². The molecule has 1 N–H and O–H groups in total. The van der Waals surface area contributed by atoms with Crippen molar-refractivity contribution in [2.24, 2.45) is 0 Å². The highest BCUT2D eigenvalue weighted by Gasteiger charge is 2.20. The number of anilines is 1. The molecule has 0 bridgehead atoms. The first-order valence-electron chi connectivity index (χ1n) is 4.69. The molecule has 0 saturated heterocycles. The van der Waals surface area contributed by atoms with Crippen molar-refractivity contribution < 1.29 is 13.7 Å². The van der Waals surface area contributed by atoms with Gasteiger partial charge in [0.05, 0.1) is 22.6 Å². The summed E-state index contributed by atoms with van der Waals surface area (Å²) in [5.41, 5.74) is -0.315. The molecule has 0 amide bonds. The van der Waals surface area contributed by atoms with E-state index in [1.165, 1.54) is 19.1 Å². The lowest BCUT2D eigenvalue weighted by Crippen LogP contribution is -2.24. The topological polar surface area (TPSA) is 79.0 Å². The molecule has 1 rings (SSSR count). The van der Waals surface area contributed by atoms with Gasteiger partial charge >= 0.3 is 0 Å². The predicted molar refractivity (Wildman–Crippen MR) is 56.9 cm³/mol. The van der Waals surface area contributed by atoms with Crippen LogP contribution in [0.4, 0.5) is 20.2 Å². The lowest BCUT2D eigenvalue weighted by molar-refractivity contribution is -0.384. The summed E-state index contributed by atoms with van der Waals surface area (Å²) in [7, 11) is 0. The van der Waals surface area contributed by atoms with E-state index >= 15 is 0 Å². The van der Waals surface area contributed by atoms with Gasteiger partial charge in [-0.3, -0.25) is 10.1 Å². The second-order valence-electron chi connectivity index (χ2n) is 3.37. The number of rotatable bonds is 4. The SMILES string of the molecule is CC(Nc1ccc(C#N)cc1[N+](=O)[O-])C(F)F. The summed E-state index contributed by atoms with van der Waals surface area (Å²) in [6.07, 6.45) is -2.63. The van der Waals surface area contributed by atoms with Gasteiger partial charge in [0.1, 0.15) is 5.69 Å². The molecule has 1 unspecified atom stereocenters. The number of nitrogens with one attached hydrogen (secondary N) is 1. The largest absolute Gasteiger partial charge is 0.371 e. The summed E-state index contributed by atoms with van der Waals surface area (Å²) >= 11 is 0. The van der Waals surface area contributed by atoms with Gasteiger partial charge < -0.3 is 5.32 Å². The van der Waals surface area contributed by atoms with E-state index in [2.05, 4.69) is 5.32 Å². The van der Waals surface area contributed by atoms with Crippen molar-refractivity contribution in [3.8, 4) is 6.07 Å². The van der Waals surface area contributed by atoms with Crippen molar-refractivity contribution in [1.82, 2.24) is 0 Å². The quantitative estimate of drug-likeness (QED) is 0.648. The average Bonchev–Trinajstić information content (AvgIpc) is 2.29. The van der Waals surface area contributed by atoms with Gasteiger partial charge in [-0.25, -0.2) is 8.78 Å². The van der Waals surface area contributed by atoms with Gasteiger partial charge in [-0.1, -0.05) is 0 Å². The monoisotopic (exact) mass is 241 g/mol. The Morgan fingerprint density at radius 1 is 1.53 bits per heavy atom. The maximum Gasteiger partial charge on any atom is 0.293 e. The Kier molecular flexibility index (Phi) is 3.93. The number of alkyl halides is 2. The van der Waals surface area contributed by atoms with Gasteiger partial charge in [0.2, 0.25) is 0 Å². The fourth-order valence-electron chi connectivity index (χ4n) is 1.18. The minimum Gasteiger partial charge on any atom is -0.371 e. The summed E-state index contributed by atoms with van der Waals surface area (Å²) in [6, 6.07) is 4.15. The fraction of sp³-hybridized carbons (Fsp3) is 0.300. The number of nitro groups is 1. The summed E-state index contributed by atoms with van der Waals surface area (Å²) < 4.78 is 24.6. The first-order valence-corrected chi connectivity index (χ1v) is 4.69. The molecular formula is C10H9F2N3O2. The molecule has 0 aliphatic heterocycles. The van der Waals surface area contributed by atoms with Crippen LogP contribution in [0.2, 0.25) is 0 Å². The molecule has 0 saturated carbocycles. The van der Waals surface area contributed by atoms with E-state index in [4.69, 9.17) is 5.26 Å². The third-order valence-electron chi connectivity index (χ3n) is 2.08. The molecule has 5 nitrogen and oxygen atoms in total. The van der Waals surface area contributed by atoms with E-state index in [9.17, 15) is 18.9 Å². The van der Waals surface area contributed by atoms with Crippen LogP contribution in [0.3, 0.4) is 0 Å². The average molecular weight is 241 g/mol. The van der Waals surface area contributed by atoms with Crippen molar-refractivity contribution in [3.63, 3.8) is 0 Å². The van der Waals surface area contributed by atoms with Crippen molar-refractivity contribution in [1.29, 1.82) is 5.26 Å². The molecule has 17 heavy (non-hydrogen) atoms. The third kappa shape index (κ3) is 3.11. The second-order valence-corrected chi connectivity index (χ2v) is 3.37. The highest BCUT2D eigenvalue weighted by atomic mass is 19.3. The predicted octanol–water partition coefficient (Wildman–Crippen LogP) is 2.53. The van der Waals surface area contributed by atoms with Crippen LogP contribution in [-0.2, 0) is 0 Å². The van der Waals surface area contributed by atoms with Crippen LogP contribution in [0.25, 0.3) is 0 Å². The summed E-state index contributed by atoms with van der Waals surface area (Å²) in [5.74, 6) is 0. The van der Waals surface area contributed by atoms with Crippen molar-refractivity contribution >= 4 is 11.4 Å². The van der Waals surface area contributed by atoms with Crippen LogP contribution in [0.5, 0.6) is 0 Å². The Labute approximate surface area is 95.8 Å². The minimum atomic E-state index is -2.63. The van der Waals surface area contributed by atoms with Crippen LogP contribution >= 0.6 is 0 Å². The van der Waals surface area contributed by atoms with E-state index in [1.807, 2.05) is 0 Å². The zero-order chi connectivity index (χ0) is 13.0. The molecule has 0 aliphatic rings. The van der Waals surface area contributed by atoms with E-state index in [-0.39, 0.29) is 11.3 Å². The minimum absolute atomic E-state index is 0.0261. The number of nitrogens with zero attached hydrogens (tertiary/aromatic N) is 2. The Morgan fingerprint density at radius 3 is 2.65 bits per heavy atom. The summed E-state index contributed by atoms with van der Waals surface area (Å²) in [6.45, 7) is 1.21. The molecule has 1 aromatic carbocycles. The highest BCUT2D eigenvalue weighted by Crippen LogP contribution is 2.26. The molecule has 1 aromatic rings. The Bertz CT molecular complexity index is 471. The summed E-state index contributed by atoms with van der Waals surface area (Å²) in [4.78, 5) is 9.99. The smallest absolute Gasteiger partial charge is 0.293 e. The Balaban J connectivity index is 3.08. The van der Waals surface area contributed by atoms with Crippen LogP contribution in [-0.4, -0.2) is 17.4 Å². The van der Waals surface area contributed by atoms with Crippen molar-refractivity contribution in [3.05, 3.63) is 33.9 Å². The van der Waals surface area contributed by atoms with E-state index in [0.717, 1.165) is 6.07 Å². The van der Waals surface area contributed by atoms with E-state index in [0.29, 0.717) is 0 Å². The first-order chi connectivity index (χ1) is 7.95. The van der Waals surface area contributed by atoms with Crippen LogP contribution in [0.1, 0.15) is 12.5 Å². The Hall–Kier alpha value is -2.23. The highest BCUT2D eigenvalue weighted by molar-refractivity contribution is 5.64. The van der Waals surface area contributed by atoms with Gasteiger partial charge in [0.15, 0.2) is 0 Å². The normalized spacial score (nSPS) is 11.9. The molecule has 0 heterocycles. The van der Waals surface area contributed by atoms with Crippen LogP contribution in [0.15, 0.2) is 18.2 Å². The maximum atomic E-state index is 12.3. The zero-order valence-corrected chi connectivity index (χ0v) is 8.85. The molecule has 1 atom stereocenters. The second kappa shape index (κ2) is 5.21. The third-order valence-corrected chi connectivity index (χ3v) is 2.08. The molecule has 0 aromatic heterocycles. The van der Waals surface area contributed by atoms with E-state index in [1.54, 1.807) is 6.07 Å². The number of hydrogen-bond donors (Lipinski definition) is 1. The van der Waals surface area contributed by atoms with Gasteiger partial charge in [0.25, 0.3) is 12.1 Å². The van der Waals surface area contributed by atoms with Gasteiger partial charge in [0, 0.05) is 6.07 Å². The fourth-order valence-corrected chi connectivity index (χ4v) is 1.18. The Morgan fingerprint density at radius 2 is 2.18 bits per heavy atom. The molecule has 0 fully saturated rings. The van der Waals surface area contributed by atoms with Crippen LogP contribution in [0, 0.1) is 21.4 Å². The molecule has 90 valence electrons. The molecule has 0 spiro atoms. The van der Waals surface area contributed by atoms with E-state index < -0.39 is 23.1 Å². The summed E-state index contributed by atoms with van der Waals surface area (Å²) in [5, 5.41) is 21.6. The lowest BCUT2D eigenvalue weighted by Gasteiger charge is -2.14. The molecule has 7 heteroatoms. The number of nitriles is 1. The molecule has 0 aliphatic carbocycles. The van der Waals surface area contributed by atoms with Crippen molar-refractivity contribution in [2.45, 2.75) is 19.4 Å². The number of nitro benzene ring substituents is 1. The first kappa shape index (κ1) is 12.8. The molecule has 0 radical (unpaired) electrons. The van der Waals surface area contributed by atoms with Crippen LogP contribution < -0.4 is 5.32 Å². The van der Waals surface area contributed by atoms with Gasteiger partial charge in [-0.2, -0.15) is 5.26 Å². The zero-order valence-electron chi connectivity index (χ0n) is 8.85. The van der Waals surface area contributed by atoms with Gasteiger partial charge in [-0.15, -0.1) is 0 Å². The van der Waals surface area contributed by atoms with Gasteiger partial charge in [-0.05, 0) is 19.1 Å². The number of halogens is 2. The maximum absolute atomic E-state index is 12.3. The standard InChI is InChI=1S/C10H9F2N3O2/c1-6(10(11)12)14-8-3-2-7(5-13)4-9(8)15(16)17/h2-4,6,10,14H,1H3. The molecular weight excluding hydrogens is 232 g/mol.